The third kappa shape index (κ3) is 3.24. The Morgan fingerprint density at radius 3 is 2.65 bits per heavy atom. The van der Waals surface area contributed by atoms with E-state index in [9.17, 15) is 4.79 Å². The zero-order valence-electron chi connectivity index (χ0n) is 19.9. The van der Waals surface area contributed by atoms with Crippen LogP contribution in [0.3, 0.4) is 0 Å². The molecular formula is C28H28N2O4. The second-order valence-electron chi connectivity index (χ2n) is 9.32. The molecule has 0 saturated heterocycles. The van der Waals surface area contributed by atoms with Gasteiger partial charge in [0.1, 0.15) is 30.4 Å². The summed E-state index contributed by atoms with van der Waals surface area (Å²) in [5, 5.41) is 1.98. The third-order valence-corrected chi connectivity index (χ3v) is 6.83. The lowest BCUT2D eigenvalue weighted by molar-refractivity contribution is -0.139. The van der Waals surface area contributed by atoms with E-state index in [0.717, 1.165) is 27.9 Å². The zero-order valence-corrected chi connectivity index (χ0v) is 19.9. The normalized spacial score (nSPS) is 19.5. The van der Waals surface area contributed by atoms with Crippen LogP contribution in [0.15, 0.2) is 71.7 Å². The van der Waals surface area contributed by atoms with Crippen molar-refractivity contribution in [2.75, 3.05) is 25.2 Å². The number of hydrogen-bond acceptors (Lipinski definition) is 6. The Morgan fingerprint density at radius 2 is 1.88 bits per heavy atom. The van der Waals surface area contributed by atoms with Gasteiger partial charge in [0.2, 0.25) is 5.72 Å². The van der Waals surface area contributed by atoms with Crippen LogP contribution < -0.4 is 14.4 Å². The molecule has 0 amide bonds. The first kappa shape index (κ1) is 22.0. The molecule has 0 radical (unpaired) electrons. The van der Waals surface area contributed by atoms with E-state index >= 15 is 0 Å². The Morgan fingerprint density at radius 1 is 1.12 bits per heavy atom. The standard InChI is InChI=1S/C28H28N2O4/c1-18(2)26(31)33-15-14-32-20-12-10-19-11-13-24-25(21(19)16-20)29-17-28(34-24)27(3,4)22-8-6-7-9-23(22)30(28)5/h6-13,16-17H,1,14-15H2,2-5H3. The van der Waals surface area contributed by atoms with Crippen molar-refractivity contribution in [3.63, 3.8) is 0 Å². The highest BCUT2D eigenvalue weighted by Crippen LogP contribution is 2.54. The lowest BCUT2D eigenvalue weighted by atomic mass is 9.77. The number of ether oxygens (including phenoxy) is 3. The molecule has 1 unspecified atom stereocenters. The van der Waals surface area contributed by atoms with Crippen LogP contribution in [-0.2, 0) is 14.9 Å². The fourth-order valence-electron chi connectivity index (χ4n) is 4.86. The summed E-state index contributed by atoms with van der Waals surface area (Å²) < 4.78 is 17.7. The summed E-state index contributed by atoms with van der Waals surface area (Å²) in [4.78, 5) is 18.6. The first-order chi connectivity index (χ1) is 16.2. The summed E-state index contributed by atoms with van der Waals surface area (Å²) >= 11 is 0. The van der Waals surface area contributed by atoms with E-state index in [0.29, 0.717) is 11.3 Å². The molecule has 2 aliphatic heterocycles. The van der Waals surface area contributed by atoms with Crippen molar-refractivity contribution >= 4 is 34.3 Å². The van der Waals surface area contributed by atoms with Gasteiger partial charge in [-0.3, -0.25) is 4.99 Å². The number of para-hydroxylation sites is 1. The Labute approximate surface area is 199 Å². The van der Waals surface area contributed by atoms with Gasteiger partial charge >= 0.3 is 5.97 Å². The number of esters is 1. The largest absolute Gasteiger partial charge is 0.490 e. The predicted molar refractivity (Wildman–Crippen MR) is 135 cm³/mol. The SMILES string of the molecule is C=C(C)C(=O)OCCOc1ccc2ccc3c(c2c1)N=CC1(O3)N(C)c2ccccc2C1(C)C. The molecule has 174 valence electrons. The minimum absolute atomic E-state index is 0.155. The maximum absolute atomic E-state index is 11.5. The van der Waals surface area contributed by atoms with Gasteiger partial charge in [0.25, 0.3) is 0 Å². The first-order valence-electron chi connectivity index (χ1n) is 11.3. The van der Waals surface area contributed by atoms with Crippen molar-refractivity contribution in [1.29, 1.82) is 0 Å². The minimum atomic E-state index is -0.724. The average Bonchev–Trinajstić information content (AvgIpc) is 2.99. The van der Waals surface area contributed by atoms with Crippen LogP contribution in [0.1, 0.15) is 26.3 Å². The lowest BCUT2D eigenvalue weighted by Crippen LogP contribution is -2.61. The first-order valence-corrected chi connectivity index (χ1v) is 11.3. The van der Waals surface area contributed by atoms with Crippen LogP contribution >= 0.6 is 0 Å². The van der Waals surface area contributed by atoms with Crippen LogP contribution in [0.2, 0.25) is 0 Å². The van der Waals surface area contributed by atoms with Gasteiger partial charge < -0.3 is 19.1 Å². The van der Waals surface area contributed by atoms with Crippen molar-refractivity contribution in [3.05, 3.63) is 72.3 Å². The van der Waals surface area contributed by atoms with E-state index in [1.165, 1.54) is 5.56 Å². The number of fused-ring (bicyclic) bond motifs is 4. The Balaban J connectivity index is 1.44. The number of anilines is 1. The van der Waals surface area contributed by atoms with E-state index in [-0.39, 0.29) is 18.6 Å². The van der Waals surface area contributed by atoms with Crippen molar-refractivity contribution < 1.29 is 19.0 Å². The summed E-state index contributed by atoms with van der Waals surface area (Å²) in [5.41, 5.74) is 2.50. The molecule has 0 aromatic heterocycles. The maximum atomic E-state index is 11.5. The highest BCUT2D eigenvalue weighted by molar-refractivity contribution is 6.00. The van der Waals surface area contributed by atoms with Crippen LogP contribution in [0, 0.1) is 0 Å². The molecule has 2 aliphatic rings. The summed E-state index contributed by atoms with van der Waals surface area (Å²) in [6, 6.07) is 18.3. The highest BCUT2D eigenvalue weighted by Gasteiger charge is 2.58. The van der Waals surface area contributed by atoms with E-state index in [2.05, 4.69) is 50.6 Å². The third-order valence-electron chi connectivity index (χ3n) is 6.83. The Kier molecular flexibility index (Phi) is 5.12. The fourth-order valence-corrected chi connectivity index (χ4v) is 4.86. The van der Waals surface area contributed by atoms with Gasteiger partial charge in [0, 0.05) is 23.7 Å². The molecule has 34 heavy (non-hydrogen) atoms. The van der Waals surface area contributed by atoms with E-state index in [4.69, 9.17) is 19.2 Å². The fraction of sp³-hybridized carbons (Fsp3) is 0.286. The lowest BCUT2D eigenvalue weighted by Gasteiger charge is -2.45. The van der Waals surface area contributed by atoms with E-state index in [1.54, 1.807) is 6.92 Å². The zero-order chi connectivity index (χ0) is 24.1. The van der Waals surface area contributed by atoms with Gasteiger partial charge in [0.15, 0.2) is 0 Å². The molecule has 1 atom stereocenters. The van der Waals surface area contributed by atoms with Crippen LogP contribution in [0.4, 0.5) is 11.4 Å². The van der Waals surface area contributed by atoms with Gasteiger partial charge in [-0.2, -0.15) is 0 Å². The van der Waals surface area contributed by atoms with Crippen molar-refractivity contribution in [1.82, 2.24) is 0 Å². The van der Waals surface area contributed by atoms with Crippen molar-refractivity contribution in [2.45, 2.75) is 31.9 Å². The van der Waals surface area contributed by atoms with Gasteiger partial charge in [-0.1, -0.05) is 36.9 Å². The number of nitrogens with zero attached hydrogens (tertiary/aromatic N) is 2. The maximum Gasteiger partial charge on any atom is 0.333 e. The van der Waals surface area contributed by atoms with Gasteiger partial charge in [-0.15, -0.1) is 0 Å². The molecule has 0 aliphatic carbocycles. The average molecular weight is 457 g/mol. The predicted octanol–water partition coefficient (Wildman–Crippen LogP) is 5.56. The van der Waals surface area contributed by atoms with Crippen molar-refractivity contribution in [2.24, 2.45) is 4.99 Å². The highest BCUT2D eigenvalue weighted by atomic mass is 16.6. The topological polar surface area (TPSA) is 60.4 Å². The molecule has 0 N–H and O–H groups in total. The number of rotatable bonds is 5. The van der Waals surface area contributed by atoms with Gasteiger partial charge in [-0.05, 0) is 56.0 Å². The molecule has 0 bridgehead atoms. The molecule has 1 spiro atoms. The number of carbonyl (C=O) groups excluding carboxylic acids is 1. The number of hydrogen-bond donors (Lipinski definition) is 0. The molecule has 3 aromatic carbocycles. The smallest absolute Gasteiger partial charge is 0.333 e. The molecule has 0 fully saturated rings. The Bertz CT molecular complexity index is 1340. The van der Waals surface area contributed by atoms with Crippen LogP contribution in [0.5, 0.6) is 11.5 Å². The number of aliphatic imine (C=N–C) groups is 1. The minimum Gasteiger partial charge on any atom is -0.490 e. The van der Waals surface area contributed by atoms with Gasteiger partial charge in [0.05, 0.1) is 11.6 Å². The number of likely N-dealkylation sites (N-methyl/N-ethyl adjacent to an activating group) is 1. The molecule has 5 rings (SSSR count). The summed E-state index contributed by atoms with van der Waals surface area (Å²) in [7, 11) is 2.05. The van der Waals surface area contributed by atoms with E-state index in [1.807, 2.05) is 42.6 Å². The monoisotopic (exact) mass is 456 g/mol. The van der Waals surface area contributed by atoms with Gasteiger partial charge in [-0.25, -0.2) is 4.79 Å². The molecular weight excluding hydrogens is 428 g/mol. The molecule has 0 saturated carbocycles. The quantitative estimate of drug-likeness (QED) is 0.286. The van der Waals surface area contributed by atoms with Crippen molar-refractivity contribution in [3.8, 4) is 11.5 Å². The Hall–Kier alpha value is -3.80. The summed E-state index contributed by atoms with van der Waals surface area (Å²) in [6.07, 6.45) is 1.93. The number of carbonyl (C=O) groups is 1. The molecule has 3 aromatic rings. The van der Waals surface area contributed by atoms with Crippen LogP contribution in [-0.4, -0.2) is 38.2 Å². The molecule has 6 heteroatoms. The second kappa shape index (κ2) is 7.90. The van der Waals surface area contributed by atoms with Crippen LogP contribution in [0.25, 0.3) is 10.8 Å². The summed E-state index contributed by atoms with van der Waals surface area (Å²) in [6.45, 7) is 9.99. The van der Waals surface area contributed by atoms with E-state index < -0.39 is 11.7 Å². The molecule has 6 nitrogen and oxygen atoms in total. The summed E-state index contributed by atoms with van der Waals surface area (Å²) in [5.74, 6) is 0.988. The molecule has 2 heterocycles. The number of benzene rings is 3. The second-order valence-corrected chi connectivity index (χ2v) is 9.32.